The molecule has 2 aromatic rings. The molecule has 0 radical (unpaired) electrons. The molecule has 0 unspecified atom stereocenters. The van der Waals surface area contributed by atoms with E-state index in [4.69, 9.17) is 0 Å². The highest BCUT2D eigenvalue weighted by molar-refractivity contribution is 6.00. The molecule has 0 amide bonds. The predicted octanol–water partition coefficient (Wildman–Crippen LogP) is 2.63. The molecule has 3 nitrogen and oxygen atoms in total. The van der Waals surface area contributed by atoms with Crippen LogP contribution in [0.15, 0.2) is 55.4 Å². The van der Waals surface area contributed by atoms with E-state index in [9.17, 15) is 4.79 Å². The number of carbonyl (C=O) groups excluding carboxylic acids is 1. The molecule has 0 aliphatic rings. The number of allylic oxidation sites excluding steroid dienone is 1. The van der Waals surface area contributed by atoms with Crippen molar-refractivity contribution in [3.63, 3.8) is 0 Å². The molecule has 80 valence electrons. The number of rotatable bonds is 4. The molecule has 0 saturated heterocycles. The van der Waals surface area contributed by atoms with Gasteiger partial charge in [0.25, 0.3) is 0 Å². The molecule has 2 rings (SSSR count). The van der Waals surface area contributed by atoms with Crippen LogP contribution in [0.4, 0.5) is 0 Å². The second kappa shape index (κ2) is 4.57. The lowest BCUT2D eigenvalue weighted by atomic mass is 10.1. The van der Waals surface area contributed by atoms with Crippen LogP contribution in [-0.2, 0) is 0 Å². The predicted molar refractivity (Wildman–Crippen MR) is 62.7 cm³/mol. The quantitative estimate of drug-likeness (QED) is 0.576. The molecular weight excluding hydrogens is 200 g/mol. The van der Waals surface area contributed by atoms with E-state index in [1.165, 1.54) is 0 Å². The lowest BCUT2D eigenvalue weighted by Gasteiger charge is -2.07. The number of nitrogens with zero attached hydrogens (tertiary/aromatic N) is 2. The lowest BCUT2D eigenvalue weighted by Crippen LogP contribution is -2.05. The second-order valence-corrected chi connectivity index (χ2v) is 3.38. The number of hydrogen-bond acceptors (Lipinski definition) is 2. The van der Waals surface area contributed by atoms with Gasteiger partial charge in [0, 0.05) is 24.4 Å². The van der Waals surface area contributed by atoms with Crippen LogP contribution in [-0.4, -0.2) is 15.6 Å². The molecule has 0 fully saturated rings. The van der Waals surface area contributed by atoms with Gasteiger partial charge in [-0.3, -0.25) is 4.79 Å². The zero-order valence-corrected chi connectivity index (χ0v) is 8.84. The molecule has 0 aliphatic heterocycles. The molecule has 0 saturated carbocycles. The summed E-state index contributed by atoms with van der Waals surface area (Å²) < 4.78 is 1.69. The molecular formula is C13H12N2O. The third-order valence-electron chi connectivity index (χ3n) is 2.29. The van der Waals surface area contributed by atoms with E-state index in [0.29, 0.717) is 12.0 Å². The Kier molecular flexibility index (Phi) is 2.96. The highest BCUT2D eigenvalue weighted by Gasteiger charge is 2.10. The van der Waals surface area contributed by atoms with Crippen LogP contribution in [0.5, 0.6) is 0 Å². The minimum atomic E-state index is 0.0566. The molecule has 0 bridgehead atoms. The first-order valence-electron chi connectivity index (χ1n) is 5.06. The number of benzene rings is 1. The number of Topliss-reactive ketones (excluding diaryl/α,β-unsaturated/α-hetero) is 1. The summed E-state index contributed by atoms with van der Waals surface area (Å²) in [7, 11) is 0. The first-order valence-corrected chi connectivity index (χ1v) is 5.06. The summed E-state index contributed by atoms with van der Waals surface area (Å²) >= 11 is 0. The van der Waals surface area contributed by atoms with Gasteiger partial charge in [-0.05, 0) is 18.2 Å². The van der Waals surface area contributed by atoms with Gasteiger partial charge in [0.05, 0.1) is 5.69 Å². The van der Waals surface area contributed by atoms with Crippen LogP contribution in [0.1, 0.15) is 16.8 Å². The molecule has 0 aliphatic carbocycles. The minimum absolute atomic E-state index is 0.0566. The number of ketones is 1. The van der Waals surface area contributed by atoms with Gasteiger partial charge in [-0.2, -0.15) is 5.10 Å². The summed E-state index contributed by atoms with van der Waals surface area (Å²) in [5.74, 6) is 0.0566. The van der Waals surface area contributed by atoms with Crippen LogP contribution in [0.25, 0.3) is 5.69 Å². The zero-order chi connectivity index (χ0) is 11.4. The van der Waals surface area contributed by atoms with Crippen LogP contribution in [0, 0.1) is 0 Å². The maximum Gasteiger partial charge on any atom is 0.168 e. The highest BCUT2D eigenvalue weighted by atomic mass is 16.1. The summed E-state index contributed by atoms with van der Waals surface area (Å²) in [5, 5.41) is 4.13. The average Bonchev–Trinajstić information content (AvgIpc) is 2.83. The molecule has 1 aromatic carbocycles. The van der Waals surface area contributed by atoms with Gasteiger partial charge in [-0.15, -0.1) is 6.58 Å². The number of aromatic nitrogens is 2. The second-order valence-electron chi connectivity index (χ2n) is 3.38. The molecule has 3 heteroatoms. The third kappa shape index (κ3) is 1.93. The van der Waals surface area contributed by atoms with Crippen molar-refractivity contribution in [2.45, 2.75) is 6.42 Å². The van der Waals surface area contributed by atoms with Crippen LogP contribution in [0.3, 0.4) is 0 Å². The van der Waals surface area contributed by atoms with E-state index < -0.39 is 0 Å². The van der Waals surface area contributed by atoms with E-state index in [1.54, 1.807) is 17.0 Å². The monoisotopic (exact) mass is 212 g/mol. The third-order valence-corrected chi connectivity index (χ3v) is 2.29. The fraction of sp³-hybridized carbons (Fsp3) is 0.0769. The van der Waals surface area contributed by atoms with E-state index in [2.05, 4.69) is 11.7 Å². The largest absolute Gasteiger partial charge is 0.294 e. The van der Waals surface area contributed by atoms with Crippen molar-refractivity contribution in [3.05, 3.63) is 60.9 Å². The SMILES string of the molecule is C=CCC(=O)c1ccccc1-n1cccn1. The zero-order valence-electron chi connectivity index (χ0n) is 8.84. The van der Waals surface area contributed by atoms with Gasteiger partial charge < -0.3 is 0 Å². The average molecular weight is 212 g/mol. The van der Waals surface area contributed by atoms with E-state index in [-0.39, 0.29) is 5.78 Å². The first-order chi connectivity index (χ1) is 7.83. The number of carbonyl (C=O) groups is 1. The van der Waals surface area contributed by atoms with Crippen LogP contribution >= 0.6 is 0 Å². The minimum Gasteiger partial charge on any atom is -0.294 e. The summed E-state index contributed by atoms with van der Waals surface area (Å²) in [6.07, 6.45) is 5.47. The highest BCUT2D eigenvalue weighted by Crippen LogP contribution is 2.15. The topological polar surface area (TPSA) is 34.9 Å². The molecule has 0 spiro atoms. The Bertz CT molecular complexity index is 500. The van der Waals surface area contributed by atoms with Gasteiger partial charge in [0.15, 0.2) is 5.78 Å². The smallest absolute Gasteiger partial charge is 0.168 e. The Balaban J connectivity index is 2.46. The first kappa shape index (κ1) is 10.4. The lowest BCUT2D eigenvalue weighted by molar-refractivity contribution is 0.0996. The Labute approximate surface area is 94.0 Å². The standard InChI is InChI=1S/C13H12N2O/c1-2-6-13(16)11-7-3-4-8-12(11)15-10-5-9-14-15/h2-5,7-10H,1,6H2. The molecule has 1 heterocycles. The fourth-order valence-corrected chi connectivity index (χ4v) is 1.56. The fourth-order valence-electron chi connectivity index (χ4n) is 1.56. The van der Waals surface area contributed by atoms with Crippen molar-refractivity contribution in [2.75, 3.05) is 0 Å². The summed E-state index contributed by atoms with van der Waals surface area (Å²) in [6, 6.07) is 9.26. The van der Waals surface area contributed by atoms with Crippen molar-refractivity contribution in [2.24, 2.45) is 0 Å². The summed E-state index contributed by atoms with van der Waals surface area (Å²) in [5.41, 5.74) is 1.48. The van der Waals surface area contributed by atoms with Crippen LogP contribution in [0.2, 0.25) is 0 Å². The van der Waals surface area contributed by atoms with Crippen molar-refractivity contribution in [1.82, 2.24) is 9.78 Å². The Morgan fingerprint density at radius 1 is 1.38 bits per heavy atom. The number of hydrogen-bond donors (Lipinski definition) is 0. The molecule has 0 atom stereocenters. The van der Waals surface area contributed by atoms with Gasteiger partial charge in [0.1, 0.15) is 0 Å². The van der Waals surface area contributed by atoms with Gasteiger partial charge in [-0.25, -0.2) is 4.68 Å². The molecule has 0 N–H and O–H groups in total. The van der Waals surface area contributed by atoms with Crippen molar-refractivity contribution in [1.29, 1.82) is 0 Å². The Hall–Kier alpha value is -2.16. The van der Waals surface area contributed by atoms with Gasteiger partial charge in [-0.1, -0.05) is 18.2 Å². The Morgan fingerprint density at radius 3 is 2.88 bits per heavy atom. The van der Waals surface area contributed by atoms with Crippen molar-refractivity contribution < 1.29 is 4.79 Å². The van der Waals surface area contributed by atoms with E-state index in [1.807, 2.05) is 36.5 Å². The van der Waals surface area contributed by atoms with E-state index in [0.717, 1.165) is 5.69 Å². The van der Waals surface area contributed by atoms with Crippen molar-refractivity contribution >= 4 is 5.78 Å². The normalized spacial score (nSPS) is 10.0. The Morgan fingerprint density at radius 2 is 2.19 bits per heavy atom. The van der Waals surface area contributed by atoms with Gasteiger partial charge in [0.2, 0.25) is 0 Å². The van der Waals surface area contributed by atoms with Crippen molar-refractivity contribution in [3.8, 4) is 5.69 Å². The van der Waals surface area contributed by atoms with Gasteiger partial charge >= 0.3 is 0 Å². The maximum atomic E-state index is 11.8. The van der Waals surface area contributed by atoms with Crippen LogP contribution < -0.4 is 0 Å². The maximum absolute atomic E-state index is 11.8. The summed E-state index contributed by atoms with van der Waals surface area (Å²) in [6.45, 7) is 3.58. The number of para-hydroxylation sites is 1. The molecule has 16 heavy (non-hydrogen) atoms. The summed E-state index contributed by atoms with van der Waals surface area (Å²) in [4.78, 5) is 11.8. The van der Waals surface area contributed by atoms with E-state index >= 15 is 0 Å². The molecule has 1 aromatic heterocycles.